The number of nitrogens with zero attached hydrogens (tertiary/aromatic N) is 2. The Labute approximate surface area is 129 Å². The van der Waals surface area contributed by atoms with E-state index in [1.807, 2.05) is 0 Å². The Hall–Kier alpha value is -0.610. The summed E-state index contributed by atoms with van der Waals surface area (Å²) < 4.78 is 0. The summed E-state index contributed by atoms with van der Waals surface area (Å²) in [6, 6.07) is 0. The van der Waals surface area contributed by atoms with Crippen molar-refractivity contribution >= 4 is 5.91 Å². The lowest BCUT2D eigenvalue weighted by molar-refractivity contribution is -0.137. The predicted molar refractivity (Wildman–Crippen MR) is 84.9 cm³/mol. The molecular weight excluding hydrogens is 262 g/mol. The van der Waals surface area contributed by atoms with Crippen LogP contribution in [-0.2, 0) is 4.79 Å². The summed E-state index contributed by atoms with van der Waals surface area (Å²) in [6.07, 6.45) is 8.63. The molecule has 4 heteroatoms. The van der Waals surface area contributed by atoms with Gasteiger partial charge in [0.1, 0.15) is 0 Å². The highest BCUT2D eigenvalue weighted by Crippen LogP contribution is 2.48. The van der Waals surface area contributed by atoms with Gasteiger partial charge in [-0.05, 0) is 70.0 Å². The maximum atomic E-state index is 12.8. The van der Waals surface area contributed by atoms with Gasteiger partial charge in [-0.15, -0.1) is 0 Å². The fraction of sp³-hybridized carbons (Fsp3) is 0.941. The van der Waals surface area contributed by atoms with Crippen molar-refractivity contribution in [1.82, 2.24) is 9.80 Å². The molecule has 4 nitrogen and oxygen atoms in total. The quantitative estimate of drug-likeness (QED) is 0.785. The zero-order valence-electron chi connectivity index (χ0n) is 13.3. The van der Waals surface area contributed by atoms with Gasteiger partial charge in [0.25, 0.3) is 0 Å². The molecule has 3 atom stereocenters. The van der Waals surface area contributed by atoms with Crippen molar-refractivity contribution in [3.63, 3.8) is 0 Å². The molecule has 21 heavy (non-hydrogen) atoms. The third-order valence-corrected chi connectivity index (χ3v) is 5.88. The summed E-state index contributed by atoms with van der Waals surface area (Å²) in [4.78, 5) is 17.5. The summed E-state index contributed by atoms with van der Waals surface area (Å²) in [7, 11) is 0. The first-order valence-electron chi connectivity index (χ1n) is 8.99. The van der Waals surface area contributed by atoms with E-state index in [1.165, 1.54) is 32.1 Å². The number of hydrogen-bond donors (Lipinski definition) is 1. The van der Waals surface area contributed by atoms with E-state index in [-0.39, 0.29) is 0 Å². The third kappa shape index (κ3) is 3.59. The first-order chi connectivity index (χ1) is 10.3. The number of unbranched alkanes of at least 4 members (excludes halogenated alkanes) is 1. The highest BCUT2D eigenvalue weighted by Gasteiger charge is 2.44. The van der Waals surface area contributed by atoms with E-state index in [1.54, 1.807) is 0 Å². The molecule has 2 aliphatic carbocycles. The van der Waals surface area contributed by atoms with Crippen molar-refractivity contribution in [1.29, 1.82) is 0 Å². The van der Waals surface area contributed by atoms with Crippen LogP contribution in [0.25, 0.3) is 0 Å². The number of fused-ring (bicyclic) bond motifs is 2. The fourth-order valence-corrected chi connectivity index (χ4v) is 4.68. The van der Waals surface area contributed by atoms with E-state index < -0.39 is 0 Å². The first kappa shape index (κ1) is 15.3. The maximum absolute atomic E-state index is 12.8. The third-order valence-electron chi connectivity index (χ3n) is 5.88. The van der Waals surface area contributed by atoms with Crippen molar-refractivity contribution in [3.8, 4) is 0 Å². The van der Waals surface area contributed by atoms with E-state index in [9.17, 15) is 4.79 Å². The van der Waals surface area contributed by atoms with E-state index in [0.717, 1.165) is 58.0 Å². The van der Waals surface area contributed by atoms with Gasteiger partial charge in [0, 0.05) is 25.6 Å². The average molecular weight is 293 g/mol. The number of carbonyl (C=O) groups is 1. The minimum Gasteiger partial charge on any atom is -0.341 e. The van der Waals surface area contributed by atoms with Gasteiger partial charge in [-0.2, -0.15) is 0 Å². The molecule has 0 aromatic carbocycles. The van der Waals surface area contributed by atoms with E-state index in [0.29, 0.717) is 17.7 Å². The van der Waals surface area contributed by atoms with Crippen molar-refractivity contribution in [3.05, 3.63) is 0 Å². The second kappa shape index (κ2) is 7.10. The van der Waals surface area contributed by atoms with Crippen LogP contribution < -0.4 is 5.73 Å². The molecular formula is C17H31N3O. The van der Waals surface area contributed by atoms with Crippen LogP contribution in [0.4, 0.5) is 0 Å². The maximum Gasteiger partial charge on any atom is 0.226 e. The molecule has 0 spiro atoms. The Morgan fingerprint density at radius 3 is 2.67 bits per heavy atom. The molecule has 1 aliphatic heterocycles. The summed E-state index contributed by atoms with van der Waals surface area (Å²) in [6.45, 7) is 6.05. The number of rotatable bonds is 5. The summed E-state index contributed by atoms with van der Waals surface area (Å²) >= 11 is 0. The average Bonchev–Trinajstić information content (AvgIpc) is 3.05. The highest BCUT2D eigenvalue weighted by atomic mass is 16.2. The number of nitrogens with two attached hydrogens (primary N) is 1. The van der Waals surface area contributed by atoms with Crippen LogP contribution in [-0.4, -0.2) is 55.0 Å². The Morgan fingerprint density at radius 2 is 1.95 bits per heavy atom. The van der Waals surface area contributed by atoms with E-state index in [4.69, 9.17) is 5.73 Å². The second-order valence-electron chi connectivity index (χ2n) is 7.30. The SMILES string of the molecule is NCCCCN1CCCN(C(=O)C2CC3CCC2C3)CC1. The zero-order valence-corrected chi connectivity index (χ0v) is 13.3. The van der Waals surface area contributed by atoms with Gasteiger partial charge < -0.3 is 15.5 Å². The molecule has 120 valence electrons. The summed E-state index contributed by atoms with van der Waals surface area (Å²) in [5, 5.41) is 0. The number of carbonyl (C=O) groups excluding carboxylic acids is 1. The van der Waals surface area contributed by atoms with Crippen molar-refractivity contribution in [2.75, 3.05) is 39.3 Å². The standard InChI is InChI=1S/C17H31N3O/c18-6-1-2-7-19-8-3-9-20(11-10-19)17(21)16-13-14-4-5-15(16)12-14/h14-16H,1-13,18H2. The fourth-order valence-electron chi connectivity index (χ4n) is 4.68. The minimum atomic E-state index is 0.368. The van der Waals surface area contributed by atoms with Crippen LogP contribution in [0.5, 0.6) is 0 Å². The van der Waals surface area contributed by atoms with E-state index >= 15 is 0 Å². The lowest BCUT2D eigenvalue weighted by atomic mass is 9.87. The molecule has 0 radical (unpaired) electrons. The molecule has 1 saturated heterocycles. The molecule has 1 amide bonds. The second-order valence-corrected chi connectivity index (χ2v) is 7.30. The molecule has 2 bridgehead atoms. The van der Waals surface area contributed by atoms with Crippen LogP contribution >= 0.6 is 0 Å². The van der Waals surface area contributed by atoms with Crippen LogP contribution in [0.15, 0.2) is 0 Å². The Morgan fingerprint density at radius 1 is 1.05 bits per heavy atom. The highest BCUT2D eigenvalue weighted by molar-refractivity contribution is 5.79. The Balaban J connectivity index is 1.47. The van der Waals surface area contributed by atoms with Gasteiger partial charge in [-0.25, -0.2) is 0 Å². The van der Waals surface area contributed by atoms with Crippen molar-refractivity contribution < 1.29 is 4.79 Å². The Kier molecular flexibility index (Phi) is 5.17. The lowest BCUT2D eigenvalue weighted by Gasteiger charge is -2.28. The van der Waals surface area contributed by atoms with Crippen molar-refractivity contribution in [2.24, 2.45) is 23.5 Å². The molecule has 2 N–H and O–H groups in total. The van der Waals surface area contributed by atoms with Crippen LogP contribution in [0.1, 0.15) is 44.9 Å². The van der Waals surface area contributed by atoms with Crippen LogP contribution in [0.2, 0.25) is 0 Å². The number of hydrogen-bond acceptors (Lipinski definition) is 3. The van der Waals surface area contributed by atoms with Gasteiger partial charge in [-0.1, -0.05) is 6.42 Å². The largest absolute Gasteiger partial charge is 0.341 e. The van der Waals surface area contributed by atoms with Gasteiger partial charge in [0.05, 0.1) is 0 Å². The van der Waals surface area contributed by atoms with Gasteiger partial charge in [-0.3, -0.25) is 4.79 Å². The molecule has 0 aromatic rings. The van der Waals surface area contributed by atoms with E-state index in [2.05, 4.69) is 9.80 Å². The molecule has 3 unspecified atom stereocenters. The summed E-state index contributed by atoms with van der Waals surface area (Å²) in [5.74, 6) is 2.42. The van der Waals surface area contributed by atoms with Gasteiger partial charge in [0.15, 0.2) is 0 Å². The first-order valence-corrected chi connectivity index (χ1v) is 8.99. The lowest BCUT2D eigenvalue weighted by Crippen LogP contribution is -2.40. The van der Waals surface area contributed by atoms with Gasteiger partial charge in [0.2, 0.25) is 5.91 Å². The molecule has 3 rings (SSSR count). The molecule has 3 aliphatic rings. The molecule has 2 saturated carbocycles. The molecule has 1 heterocycles. The monoisotopic (exact) mass is 293 g/mol. The Bertz CT molecular complexity index is 360. The van der Waals surface area contributed by atoms with Gasteiger partial charge >= 0.3 is 0 Å². The smallest absolute Gasteiger partial charge is 0.226 e. The molecule has 3 fully saturated rings. The molecule has 0 aromatic heterocycles. The van der Waals surface area contributed by atoms with Crippen LogP contribution in [0.3, 0.4) is 0 Å². The predicted octanol–water partition coefficient (Wildman–Crippen LogP) is 1.70. The zero-order chi connectivity index (χ0) is 14.7. The topological polar surface area (TPSA) is 49.6 Å². The summed E-state index contributed by atoms with van der Waals surface area (Å²) in [5.41, 5.74) is 5.56. The minimum absolute atomic E-state index is 0.368. The number of amides is 1. The normalized spacial score (nSPS) is 33.4. The van der Waals surface area contributed by atoms with Crippen LogP contribution in [0, 0.1) is 17.8 Å². The van der Waals surface area contributed by atoms with Crippen molar-refractivity contribution in [2.45, 2.75) is 44.9 Å².